The lowest BCUT2D eigenvalue weighted by Crippen LogP contribution is -2.53. The smallest absolute Gasteiger partial charge is 0.325 e. The lowest BCUT2D eigenvalue weighted by atomic mass is 10.1. The number of hydrogen-bond acceptors (Lipinski definition) is 8. The topological polar surface area (TPSA) is 263 Å². The van der Waals surface area contributed by atoms with Gasteiger partial charge in [0, 0.05) is 13.3 Å². The summed E-state index contributed by atoms with van der Waals surface area (Å²) in [5.74, 6) is -7.39. The van der Waals surface area contributed by atoms with Crippen LogP contribution < -0.4 is 21.7 Å². The Hall–Kier alpha value is -3.75. The number of nitrogens with one attached hydrogen (secondary N) is 3. The Bertz CT molecular complexity index is 691. The van der Waals surface area contributed by atoms with Crippen LogP contribution in [0.25, 0.3) is 0 Å². The molecule has 0 spiro atoms. The monoisotopic (exact) mass is 450 g/mol. The van der Waals surface area contributed by atoms with Crippen LogP contribution in [0.2, 0.25) is 0 Å². The number of carboxylic acid groups (broad SMARTS) is 4. The van der Waals surface area contributed by atoms with Crippen LogP contribution in [0.4, 0.5) is 0 Å². The first kappa shape index (κ1) is 29.5. The Morgan fingerprint density at radius 3 is 1.81 bits per heavy atom. The summed E-state index contributed by atoms with van der Waals surface area (Å²) in [4.78, 5) is 76.3. The van der Waals surface area contributed by atoms with Crippen molar-refractivity contribution in [1.82, 2.24) is 16.0 Å². The highest BCUT2D eigenvalue weighted by molar-refractivity contribution is 5.93. The molecule has 0 bridgehead atoms. The molecule has 176 valence electrons. The number of nitrogens with two attached hydrogens (primary N) is 1. The zero-order chi connectivity index (χ0) is 24.7. The highest BCUT2D eigenvalue weighted by atomic mass is 16.4. The third kappa shape index (κ3) is 16.9. The highest BCUT2D eigenvalue weighted by Crippen LogP contribution is 1.99. The molecule has 0 unspecified atom stereocenters. The standard InChI is InChI=1S/C14H22N4O9.C2H4O2/c1-6(14(26)27)17-13(25)8(2-3-10(20)21)18-9(19)5-16-12(24)7(15)4-11(22)23;1-2(3)4/h6-8H,2-5,15H2,1H3,(H,16,24)(H,17,25)(H,18,19)(H,20,21)(H,22,23)(H,26,27);1H3,(H,3,4)/t6-,7-,8-;/m0./s1. The van der Waals surface area contributed by atoms with Gasteiger partial charge in [0.2, 0.25) is 17.7 Å². The van der Waals surface area contributed by atoms with E-state index in [9.17, 15) is 28.8 Å². The second-order valence-corrected chi connectivity index (χ2v) is 6.06. The summed E-state index contributed by atoms with van der Waals surface area (Å²) in [6, 6.07) is -3.99. The van der Waals surface area contributed by atoms with Gasteiger partial charge in [-0.05, 0) is 13.3 Å². The van der Waals surface area contributed by atoms with Gasteiger partial charge in [-0.2, -0.15) is 0 Å². The van der Waals surface area contributed by atoms with Gasteiger partial charge < -0.3 is 42.1 Å². The maximum absolute atomic E-state index is 12.0. The van der Waals surface area contributed by atoms with Gasteiger partial charge >= 0.3 is 17.9 Å². The summed E-state index contributed by atoms with van der Waals surface area (Å²) in [7, 11) is 0. The third-order valence-corrected chi connectivity index (χ3v) is 3.18. The molecule has 3 atom stereocenters. The van der Waals surface area contributed by atoms with Crippen molar-refractivity contribution in [2.24, 2.45) is 5.73 Å². The van der Waals surface area contributed by atoms with Crippen molar-refractivity contribution in [2.75, 3.05) is 6.54 Å². The van der Waals surface area contributed by atoms with Crippen LogP contribution in [0.15, 0.2) is 0 Å². The molecule has 15 heteroatoms. The van der Waals surface area contributed by atoms with E-state index in [2.05, 4.69) is 16.0 Å². The quantitative estimate of drug-likeness (QED) is 0.147. The van der Waals surface area contributed by atoms with Crippen molar-refractivity contribution >= 4 is 41.6 Å². The number of rotatable bonds is 12. The lowest BCUT2D eigenvalue weighted by molar-refractivity contribution is -0.142. The maximum Gasteiger partial charge on any atom is 0.325 e. The Kier molecular flexibility index (Phi) is 14.4. The lowest BCUT2D eigenvalue weighted by Gasteiger charge is -2.19. The summed E-state index contributed by atoms with van der Waals surface area (Å²) in [6.07, 6.45) is -1.44. The molecule has 0 heterocycles. The van der Waals surface area contributed by atoms with Crippen LogP contribution in [0, 0.1) is 0 Å². The van der Waals surface area contributed by atoms with Gasteiger partial charge in [-0.15, -0.1) is 0 Å². The third-order valence-electron chi connectivity index (χ3n) is 3.18. The summed E-state index contributed by atoms with van der Waals surface area (Å²) in [5, 5.41) is 39.8. The molecule has 0 radical (unpaired) electrons. The van der Waals surface area contributed by atoms with Gasteiger partial charge in [0.05, 0.1) is 19.0 Å². The molecule has 0 aromatic heterocycles. The van der Waals surface area contributed by atoms with E-state index in [1.165, 1.54) is 6.92 Å². The van der Waals surface area contributed by atoms with Gasteiger partial charge in [0.1, 0.15) is 12.1 Å². The summed E-state index contributed by atoms with van der Waals surface area (Å²) in [6.45, 7) is 1.62. The van der Waals surface area contributed by atoms with Gasteiger partial charge in [-0.3, -0.25) is 33.6 Å². The molecule has 0 aliphatic carbocycles. The first-order chi connectivity index (χ1) is 14.2. The Labute approximate surface area is 176 Å². The highest BCUT2D eigenvalue weighted by Gasteiger charge is 2.25. The van der Waals surface area contributed by atoms with E-state index in [1.54, 1.807) is 0 Å². The number of carbonyl (C=O) groups excluding carboxylic acids is 3. The Balaban J connectivity index is 0. The van der Waals surface area contributed by atoms with Gasteiger partial charge in [-0.1, -0.05) is 0 Å². The average Bonchev–Trinajstić information content (AvgIpc) is 2.61. The van der Waals surface area contributed by atoms with Crippen LogP contribution in [0.1, 0.15) is 33.1 Å². The van der Waals surface area contributed by atoms with Crippen LogP contribution in [-0.2, 0) is 33.6 Å². The molecule has 9 N–H and O–H groups in total. The fraction of sp³-hybridized carbons (Fsp3) is 0.562. The molecule has 15 nitrogen and oxygen atoms in total. The minimum absolute atomic E-state index is 0.314. The SMILES string of the molecule is CC(=O)O.C[C@H](NC(=O)[C@H](CCC(=O)O)NC(=O)CNC(=O)[C@@H](N)CC(=O)O)C(=O)O. The van der Waals surface area contributed by atoms with Crippen molar-refractivity contribution in [1.29, 1.82) is 0 Å². The fourth-order valence-corrected chi connectivity index (χ4v) is 1.74. The van der Waals surface area contributed by atoms with E-state index in [0.717, 1.165) is 6.92 Å². The first-order valence-corrected chi connectivity index (χ1v) is 8.66. The zero-order valence-corrected chi connectivity index (χ0v) is 16.8. The molecule has 0 saturated carbocycles. The van der Waals surface area contributed by atoms with E-state index in [4.69, 9.17) is 31.0 Å². The molecule has 0 fully saturated rings. The minimum atomic E-state index is -1.38. The molecule has 3 amide bonds. The number of carboxylic acids is 4. The Morgan fingerprint density at radius 2 is 1.39 bits per heavy atom. The second kappa shape index (κ2) is 15.1. The van der Waals surface area contributed by atoms with Crippen molar-refractivity contribution in [3.05, 3.63) is 0 Å². The molecule has 0 saturated heterocycles. The summed E-state index contributed by atoms with van der Waals surface area (Å²) in [5.41, 5.74) is 5.31. The number of carbonyl (C=O) groups is 7. The van der Waals surface area contributed by atoms with Crippen molar-refractivity contribution in [3.63, 3.8) is 0 Å². The minimum Gasteiger partial charge on any atom is -0.481 e. The van der Waals surface area contributed by atoms with Gasteiger partial charge in [-0.25, -0.2) is 0 Å². The number of amides is 3. The van der Waals surface area contributed by atoms with Gasteiger partial charge in [0.25, 0.3) is 5.97 Å². The maximum atomic E-state index is 12.0. The van der Waals surface area contributed by atoms with Crippen LogP contribution in [-0.4, -0.2) is 86.7 Å². The van der Waals surface area contributed by atoms with Crippen molar-refractivity contribution in [2.45, 2.75) is 51.2 Å². The first-order valence-electron chi connectivity index (χ1n) is 8.66. The van der Waals surface area contributed by atoms with Crippen LogP contribution >= 0.6 is 0 Å². The van der Waals surface area contributed by atoms with E-state index < -0.39 is 79.1 Å². The molecule has 0 aliphatic heterocycles. The summed E-state index contributed by atoms with van der Waals surface area (Å²) < 4.78 is 0. The van der Waals surface area contributed by atoms with Crippen molar-refractivity contribution in [3.8, 4) is 0 Å². The second-order valence-electron chi connectivity index (χ2n) is 6.06. The predicted octanol–water partition coefficient (Wildman–Crippen LogP) is -3.07. The van der Waals surface area contributed by atoms with E-state index in [1.807, 2.05) is 0 Å². The number of aliphatic carboxylic acids is 4. The summed E-state index contributed by atoms with van der Waals surface area (Å²) >= 11 is 0. The number of hydrogen-bond donors (Lipinski definition) is 8. The molecule has 0 rings (SSSR count). The zero-order valence-electron chi connectivity index (χ0n) is 16.8. The van der Waals surface area contributed by atoms with E-state index >= 15 is 0 Å². The molecule has 0 aromatic rings. The Morgan fingerprint density at radius 1 is 0.871 bits per heavy atom. The molecular weight excluding hydrogens is 424 g/mol. The molecule has 0 aliphatic rings. The fourth-order valence-electron chi connectivity index (χ4n) is 1.74. The largest absolute Gasteiger partial charge is 0.481 e. The normalized spacial score (nSPS) is 12.6. The predicted molar refractivity (Wildman–Crippen MR) is 101 cm³/mol. The van der Waals surface area contributed by atoms with Crippen LogP contribution in [0.3, 0.4) is 0 Å². The average molecular weight is 450 g/mol. The van der Waals surface area contributed by atoms with E-state index in [-0.39, 0.29) is 6.42 Å². The molecule has 0 aromatic carbocycles. The van der Waals surface area contributed by atoms with E-state index in [0.29, 0.717) is 0 Å². The molecule has 31 heavy (non-hydrogen) atoms. The molecular formula is C16H26N4O11. The van der Waals surface area contributed by atoms with Crippen molar-refractivity contribution < 1.29 is 54.0 Å². The van der Waals surface area contributed by atoms with Gasteiger partial charge in [0.15, 0.2) is 0 Å². The van der Waals surface area contributed by atoms with Crippen LogP contribution in [0.5, 0.6) is 0 Å².